The Morgan fingerprint density at radius 1 is 1.09 bits per heavy atom. The zero-order valence-electron chi connectivity index (χ0n) is 19.3. The fourth-order valence-corrected chi connectivity index (χ4v) is 4.99. The maximum absolute atomic E-state index is 12.8. The number of methoxy groups -OCH3 is 1. The minimum atomic E-state index is -0.173. The van der Waals surface area contributed by atoms with Crippen molar-refractivity contribution in [2.75, 3.05) is 7.11 Å². The molecule has 0 saturated carbocycles. The lowest BCUT2D eigenvalue weighted by atomic mass is 10.1. The summed E-state index contributed by atoms with van der Waals surface area (Å²) in [6, 6.07) is 25.4. The average Bonchev–Trinajstić information content (AvgIpc) is 3.36. The van der Waals surface area contributed by atoms with E-state index in [1.165, 1.54) is 11.8 Å². The standard InChI is InChI=1S/C28H22N4O2S/c1-18-24(15-26-27(33)31-28(35-26)30-21-11-13-22(34-2)14-12-21)23-9-5-6-10-25(23)32(18)17-20-8-4-3-7-19(20)16-29/h3-15H,17H2,1-2H3,(H,30,31,33). The first kappa shape index (κ1) is 22.5. The topological polar surface area (TPSA) is 79.4 Å². The molecule has 0 bridgehead atoms. The van der Waals surface area contributed by atoms with Crippen molar-refractivity contribution in [3.63, 3.8) is 0 Å². The monoisotopic (exact) mass is 478 g/mol. The fourth-order valence-electron chi connectivity index (χ4n) is 4.17. The number of benzene rings is 3. The Hall–Kier alpha value is -4.28. The van der Waals surface area contributed by atoms with Crippen molar-refractivity contribution in [3.05, 3.63) is 100 Å². The summed E-state index contributed by atoms with van der Waals surface area (Å²) in [7, 11) is 1.62. The zero-order valence-corrected chi connectivity index (χ0v) is 20.1. The summed E-state index contributed by atoms with van der Waals surface area (Å²) < 4.78 is 7.38. The van der Waals surface area contributed by atoms with E-state index in [0.717, 1.165) is 39.2 Å². The normalized spacial score (nSPS) is 15.5. The van der Waals surface area contributed by atoms with Gasteiger partial charge >= 0.3 is 0 Å². The van der Waals surface area contributed by atoms with Gasteiger partial charge in [-0.15, -0.1) is 0 Å². The number of nitriles is 1. The second-order valence-electron chi connectivity index (χ2n) is 8.05. The third kappa shape index (κ3) is 4.44. The van der Waals surface area contributed by atoms with Crippen LogP contribution >= 0.6 is 11.8 Å². The Bertz CT molecular complexity index is 1540. The number of hydrogen-bond donors (Lipinski definition) is 1. The number of hydrogen-bond acceptors (Lipinski definition) is 5. The lowest BCUT2D eigenvalue weighted by Gasteiger charge is -2.10. The van der Waals surface area contributed by atoms with Gasteiger partial charge in [-0.2, -0.15) is 5.26 Å². The van der Waals surface area contributed by atoms with E-state index in [4.69, 9.17) is 4.74 Å². The number of nitrogens with zero attached hydrogens (tertiary/aromatic N) is 3. The van der Waals surface area contributed by atoms with Gasteiger partial charge in [-0.05, 0) is 66.7 Å². The molecule has 35 heavy (non-hydrogen) atoms. The van der Waals surface area contributed by atoms with Crippen LogP contribution in [0.25, 0.3) is 17.0 Å². The van der Waals surface area contributed by atoms with Gasteiger partial charge in [0.1, 0.15) is 5.75 Å². The lowest BCUT2D eigenvalue weighted by molar-refractivity contribution is -0.115. The van der Waals surface area contributed by atoms with Crippen molar-refractivity contribution in [1.82, 2.24) is 9.88 Å². The maximum Gasteiger partial charge on any atom is 0.264 e. The van der Waals surface area contributed by atoms with E-state index < -0.39 is 0 Å². The Morgan fingerprint density at radius 2 is 1.83 bits per heavy atom. The number of ether oxygens (including phenoxy) is 1. The molecule has 1 fully saturated rings. The number of rotatable bonds is 5. The van der Waals surface area contributed by atoms with Gasteiger partial charge in [0.15, 0.2) is 5.17 Å². The largest absolute Gasteiger partial charge is 0.497 e. The van der Waals surface area contributed by atoms with Gasteiger partial charge < -0.3 is 14.6 Å². The summed E-state index contributed by atoms with van der Waals surface area (Å²) in [4.78, 5) is 17.9. The highest BCUT2D eigenvalue weighted by atomic mass is 32.2. The molecule has 0 spiro atoms. The first-order valence-corrected chi connectivity index (χ1v) is 11.9. The molecule has 0 aliphatic carbocycles. The number of carbonyl (C=O) groups excluding carboxylic acids is 1. The molecule has 0 radical (unpaired) electrons. The summed E-state index contributed by atoms with van der Waals surface area (Å²) in [6.07, 6.45) is 1.93. The molecule has 172 valence electrons. The van der Waals surface area contributed by atoms with E-state index in [1.54, 1.807) is 7.11 Å². The molecular formula is C28H22N4O2S. The maximum atomic E-state index is 12.8. The van der Waals surface area contributed by atoms with E-state index >= 15 is 0 Å². The van der Waals surface area contributed by atoms with E-state index in [-0.39, 0.29) is 5.91 Å². The number of para-hydroxylation sites is 1. The number of aromatic nitrogens is 1. The van der Waals surface area contributed by atoms with Crippen molar-refractivity contribution < 1.29 is 9.53 Å². The molecule has 5 rings (SSSR count). The zero-order chi connectivity index (χ0) is 24.4. The third-order valence-electron chi connectivity index (χ3n) is 5.98. The molecule has 6 nitrogen and oxygen atoms in total. The van der Waals surface area contributed by atoms with Gasteiger partial charge in [0.05, 0.1) is 29.3 Å². The van der Waals surface area contributed by atoms with E-state index in [1.807, 2.05) is 73.7 Å². The van der Waals surface area contributed by atoms with E-state index in [2.05, 4.69) is 33.1 Å². The van der Waals surface area contributed by atoms with Crippen molar-refractivity contribution in [1.29, 1.82) is 5.26 Å². The van der Waals surface area contributed by atoms with Crippen LogP contribution in [0.15, 0.2) is 82.7 Å². The van der Waals surface area contributed by atoms with Gasteiger partial charge in [0, 0.05) is 28.7 Å². The third-order valence-corrected chi connectivity index (χ3v) is 6.89. The predicted molar refractivity (Wildman–Crippen MR) is 141 cm³/mol. The van der Waals surface area contributed by atoms with Crippen LogP contribution in [0.3, 0.4) is 0 Å². The summed E-state index contributed by atoms with van der Waals surface area (Å²) in [5, 5.41) is 14.0. The van der Waals surface area contributed by atoms with Crippen molar-refractivity contribution >= 4 is 45.5 Å². The summed E-state index contributed by atoms with van der Waals surface area (Å²) in [5.74, 6) is 0.579. The molecule has 3 aromatic carbocycles. The molecule has 4 aromatic rings. The van der Waals surface area contributed by atoms with Crippen LogP contribution in [0.4, 0.5) is 5.69 Å². The number of amidine groups is 1. The van der Waals surface area contributed by atoms with Crippen LogP contribution in [-0.2, 0) is 11.3 Å². The number of amides is 1. The highest BCUT2D eigenvalue weighted by molar-refractivity contribution is 8.18. The van der Waals surface area contributed by atoms with Crippen LogP contribution in [-0.4, -0.2) is 22.8 Å². The number of nitrogens with one attached hydrogen (secondary N) is 1. The molecule has 7 heteroatoms. The molecule has 2 heterocycles. The van der Waals surface area contributed by atoms with E-state index in [9.17, 15) is 10.1 Å². The average molecular weight is 479 g/mol. The fraction of sp³-hybridized carbons (Fsp3) is 0.107. The SMILES string of the molecule is COc1ccc(N=C2NC(=O)C(=Cc3c(C)n(Cc4ccccc4C#N)c4ccccc34)S2)cc1. The van der Waals surface area contributed by atoms with Crippen molar-refractivity contribution in [3.8, 4) is 11.8 Å². The summed E-state index contributed by atoms with van der Waals surface area (Å²) >= 11 is 1.32. The van der Waals surface area contributed by atoms with Crippen LogP contribution < -0.4 is 10.1 Å². The summed E-state index contributed by atoms with van der Waals surface area (Å²) in [6.45, 7) is 2.62. The predicted octanol–water partition coefficient (Wildman–Crippen LogP) is 5.77. The minimum Gasteiger partial charge on any atom is -0.497 e. The second-order valence-corrected chi connectivity index (χ2v) is 9.08. The highest BCUT2D eigenvalue weighted by Crippen LogP contribution is 2.34. The van der Waals surface area contributed by atoms with Crippen molar-refractivity contribution in [2.45, 2.75) is 13.5 Å². The number of fused-ring (bicyclic) bond motifs is 1. The van der Waals surface area contributed by atoms with Crippen LogP contribution in [0.5, 0.6) is 5.75 Å². The van der Waals surface area contributed by atoms with Gasteiger partial charge in [-0.1, -0.05) is 36.4 Å². The second kappa shape index (κ2) is 9.53. The number of thioether (sulfide) groups is 1. The molecule has 0 unspecified atom stereocenters. The van der Waals surface area contributed by atoms with Crippen molar-refractivity contribution in [2.24, 2.45) is 4.99 Å². The minimum absolute atomic E-state index is 0.173. The van der Waals surface area contributed by atoms with E-state index in [0.29, 0.717) is 22.2 Å². The molecule has 1 aromatic heterocycles. The summed E-state index contributed by atoms with van der Waals surface area (Å²) in [5.41, 5.74) is 5.42. The molecule has 1 amide bonds. The quantitative estimate of drug-likeness (QED) is 0.369. The van der Waals surface area contributed by atoms with Crippen LogP contribution in [0, 0.1) is 18.3 Å². The Morgan fingerprint density at radius 3 is 2.60 bits per heavy atom. The number of carbonyl (C=O) groups is 1. The smallest absolute Gasteiger partial charge is 0.264 e. The highest BCUT2D eigenvalue weighted by Gasteiger charge is 2.25. The van der Waals surface area contributed by atoms with Gasteiger partial charge in [0.2, 0.25) is 0 Å². The molecule has 1 aliphatic heterocycles. The molecule has 1 N–H and O–H groups in total. The van der Waals surface area contributed by atoms with Gasteiger partial charge in [-0.25, -0.2) is 4.99 Å². The number of aliphatic imine (C=N–C) groups is 1. The first-order valence-electron chi connectivity index (χ1n) is 11.1. The lowest BCUT2D eigenvalue weighted by Crippen LogP contribution is -2.19. The Kier molecular flexibility index (Phi) is 6.13. The molecular weight excluding hydrogens is 456 g/mol. The van der Waals surface area contributed by atoms with Crippen LogP contribution in [0.1, 0.15) is 22.4 Å². The Labute approximate surface area is 207 Å². The first-order chi connectivity index (χ1) is 17.1. The van der Waals surface area contributed by atoms with Gasteiger partial charge in [0.25, 0.3) is 5.91 Å². The molecule has 0 atom stereocenters. The molecule has 1 aliphatic rings. The molecule has 1 saturated heterocycles. The van der Waals surface area contributed by atoms with Crippen LogP contribution in [0.2, 0.25) is 0 Å². The Balaban J connectivity index is 1.51. The van der Waals surface area contributed by atoms with Gasteiger partial charge in [-0.3, -0.25) is 4.79 Å².